The fourth-order valence-electron chi connectivity index (χ4n) is 3.02. The minimum Gasteiger partial charge on any atom is -0.357 e. The van der Waals surface area contributed by atoms with E-state index in [4.69, 9.17) is 16.6 Å². The van der Waals surface area contributed by atoms with E-state index >= 15 is 0 Å². The van der Waals surface area contributed by atoms with Crippen LogP contribution >= 0.6 is 11.6 Å². The van der Waals surface area contributed by atoms with Gasteiger partial charge in [0.2, 0.25) is 0 Å². The van der Waals surface area contributed by atoms with Crippen molar-refractivity contribution in [1.82, 2.24) is 10.2 Å². The van der Waals surface area contributed by atoms with Crippen molar-refractivity contribution < 1.29 is 8.42 Å². The predicted octanol–water partition coefficient (Wildman–Crippen LogP) is 3.09. The Labute approximate surface area is 162 Å². The third kappa shape index (κ3) is 4.71. The van der Waals surface area contributed by atoms with Crippen molar-refractivity contribution in [1.29, 1.82) is 0 Å². The van der Waals surface area contributed by atoms with Gasteiger partial charge in [0, 0.05) is 30.1 Å². The van der Waals surface area contributed by atoms with Crippen LogP contribution in [0, 0.1) is 0 Å². The highest BCUT2D eigenvalue weighted by molar-refractivity contribution is 7.92. The summed E-state index contributed by atoms with van der Waals surface area (Å²) in [7, 11) is -3.07. The average molecular weight is 400 g/mol. The summed E-state index contributed by atoms with van der Waals surface area (Å²) in [6.45, 7) is 12.1. The fraction of sp³-hybridized carbons (Fsp3) is 0.632. The molecule has 1 aliphatic heterocycles. The van der Waals surface area contributed by atoms with Crippen LogP contribution in [-0.2, 0) is 15.3 Å². The molecule has 1 fully saturated rings. The molecule has 146 valence electrons. The summed E-state index contributed by atoms with van der Waals surface area (Å²) in [6.07, 6.45) is 0. The van der Waals surface area contributed by atoms with Gasteiger partial charge in [0.15, 0.2) is 15.8 Å². The van der Waals surface area contributed by atoms with Gasteiger partial charge in [-0.15, -0.1) is 0 Å². The van der Waals surface area contributed by atoms with Gasteiger partial charge in [-0.05, 0) is 38.5 Å². The van der Waals surface area contributed by atoms with E-state index in [1.165, 1.54) is 5.56 Å². The third-order valence-corrected chi connectivity index (χ3v) is 7.71. The molecule has 0 radical (unpaired) electrons. The number of hydrogen-bond acceptors (Lipinski definition) is 3. The van der Waals surface area contributed by atoms with Crippen LogP contribution in [0.1, 0.15) is 40.2 Å². The molecule has 0 spiro atoms. The summed E-state index contributed by atoms with van der Waals surface area (Å²) in [5.74, 6) is 0.933. The van der Waals surface area contributed by atoms with Crippen molar-refractivity contribution in [2.24, 2.45) is 4.99 Å². The first-order valence-electron chi connectivity index (χ1n) is 9.00. The predicted molar refractivity (Wildman–Crippen MR) is 110 cm³/mol. The van der Waals surface area contributed by atoms with E-state index < -0.39 is 14.6 Å². The highest BCUT2D eigenvalue weighted by atomic mass is 35.5. The second-order valence-electron chi connectivity index (χ2n) is 8.06. The highest BCUT2D eigenvalue weighted by Crippen LogP contribution is 2.26. The molecule has 7 heteroatoms. The zero-order valence-corrected chi connectivity index (χ0v) is 17.9. The Kier molecular flexibility index (Phi) is 6.28. The summed E-state index contributed by atoms with van der Waals surface area (Å²) in [5, 5.41) is 4.03. The molecule has 0 bridgehead atoms. The highest BCUT2D eigenvalue weighted by Gasteiger charge is 2.41. The Morgan fingerprint density at radius 3 is 2.46 bits per heavy atom. The summed E-state index contributed by atoms with van der Waals surface area (Å²) < 4.78 is 23.8. The van der Waals surface area contributed by atoms with Crippen molar-refractivity contribution in [3.05, 3.63) is 34.9 Å². The normalized spacial score (nSPS) is 20.1. The van der Waals surface area contributed by atoms with Crippen molar-refractivity contribution >= 4 is 27.4 Å². The maximum absolute atomic E-state index is 12.3. The van der Waals surface area contributed by atoms with Crippen LogP contribution in [0.3, 0.4) is 0 Å². The minimum absolute atomic E-state index is 0.150. The van der Waals surface area contributed by atoms with Crippen LogP contribution in [0.5, 0.6) is 0 Å². The van der Waals surface area contributed by atoms with Crippen LogP contribution in [0.25, 0.3) is 0 Å². The molecule has 1 aromatic rings. The number of nitrogens with one attached hydrogen (secondary N) is 1. The van der Waals surface area contributed by atoms with Gasteiger partial charge in [0.25, 0.3) is 0 Å². The number of rotatable bonds is 4. The summed E-state index contributed by atoms with van der Waals surface area (Å²) in [6, 6.07) is 7.85. The van der Waals surface area contributed by atoms with E-state index in [1.54, 1.807) is 13.8 Å². The standard InChI is InChI=1S/C19H30ClN3O2S/c1-6-21-17(23-11-12-26(24,25)19(4,5)14-23)22-13-18(2,3)15-7-9-16(20)10-8-15/h7-10H,6,11-14H2,1-5H3,(H,21,22). The zero-order chi connectivity index (χ0) is 19.6. The van der Waals surface area contributed by atoms with Gasteiger partial charge in [-0.1, -0.05) is 37.6 Å². The second kappa shape index (κ2) is 7.77. The molecule has 5 nitrogen and oxygen atoms in total. The van der Waals surface area contributed by atoms with E-state index in [-0.39, 0.29) is 11.2 Å². The van der Waals surface area contributed by atoms with Crippen molar-refractivity contribution in [2.75, 3.05) is 31.9 Å². The van der Waals surface area contributed by atoms with Crippen molar-refractivity contribution in [2.45, 2.75) is 44.8 Å². The Hall–Kier alpha value is -1.27. The fourth-order valence-corrected chi connectivity index (χ4v) is 4.51. The molecular weight excluding hydrogens is 370 g/mol. The SMILES string of the molecule is CCNC(=NCC(C)(C)c1ccc(Cl)cc1)N1CCS(=O)(=O)C(C)(C)C1. The van der Waals surface area contributed by atoms with Crippen LogP contribution in [0.15, 0.2) is 29.3 Å². The Bertz CT molecular complexity index is 755. The third-order valence-electron chi connectivity index (χ3n) is 4.93. The van der Waals surface area contributed by atoms with Crippen LogP contribution < -0.4 is 5.32 Å². The van der Waals surface area contributed by atoms with Crippen LogP contribution in [-0.4, -0.2) is 56.0 Å². The quantitative estimate of drug-likeness (QED) is 0.624. The van der Waals surface area contributed by atoms with E-state index in [0.717, 1.165) is 17.5 Å². The number of guanidine groups is 1. The Morgan fingerprint density at radius 1 is 1.31 bits per heavy atom. The lowest BCUT2D eigenvalue weighted by molar-refractivity contribution is 0.352. The molecule has 0 amide bonds. The van der Waals surface area contributed by atoms with Crippen molar-refractivity contribution in [3.63, 3.8) is 0 Å². The molecule has 0 saturated carbocycles. The molecule has 1 aromatic carbocycles. The maximum Gasteiger partial charge on any atom is 0.194 e. The Morgan fingerprint density at radius 2 is 1.92 bits per heavy atom. The first kappa shape index (κ1) is 21.0. The molecular formula is C19H30ClN3O2S. The lowest BCUT2D eigenvalue weighted by Gasteiger charge is -2.39. The Balaban J connectivity index is 2.20. The first-order chi connectivity index (χ1) is 12.0. The number of halogens is 1. The van der Waals surface area contributed by atoms with Crippen molar-refractivity contribution in [3.8, 4) is 0 Å². The number of nitrogens with zero attached hydrogens (tertiary/aromatic N) is 2. The molecule has 1 aliphatic rings. The van der Waals surface area contributed by atoms with Gasteiger partial charge in [-0.2, -0.15) is 0 Å². The lowest BCUT2D eigenvalue weighted by atomic mass is 9.85. The summed E-state index contributed by atoms with van der Waals surface area (Å²) >= 11 is 5.99. The largest absolute Gasteiger partial charge is 0.357 e. The average Bonchev–Trinajstić information content (AvgIpc) is 2.54. The molecule has 0 aromatic heterocycles. The number of hydrogen-bond donors (Lipinski definition) is 1. The van der Waals surface area contributed by atoms with Gasteiger partial charge in [0.1, 0.15) is 0 Å². The van der Waals surface area contributed by atoms with Crippen LogP contribution in [0.4, 0.5) is 0 Å². The van der Waals surface area contributed by atoms with E-state index in [9.17, 15) is 8.42 Å². The van der Waals surface area contributed by atoms with E-state index in [0.29, 0.717) is 19.6 Å². The van der Waals surface area contributed by atoms with Gasteiger partial charge in [-0.25, -0.2) is 8.42 Å². The van der Waals surface area contributed by atoms with E-state index in [2.05, 4.69) is 24.1 Å². The molecule has 1 heterocycles. The number of sulfone groups is 1. The molecule has 0 unspecified atom stereocenters. The summed E-state index contributed by atoms with van der Waals surface area (Å²) in [4.78, 5) is 6.88. The topological polar surface area (TPSA) is 61.8 Å². The van der Waals surface area contributed by atoms with E-state index in [1.807, 2.05) is 31.2 Å². The molecule has 2 rings (SSSR count). The van der Waals surface area contributed by atoms with Gasteiger partial charge >= 0.3 is 0 Å². The minimum atomic E-state index is -3.07. The first-order valence-corrected chi connectivity index (χ1v) is 11.0. The second-order valence-corrected chi connectivity index (χ2v) is 11.2. The number of aliphatic imine (C=N–C) groups is 1. The monoisotopic (exact) mass is 399 g/mol. The molecule has 0 atom stereocenters. The van der Waals surface area contributed by atoms with Gasteiger partial charge < -0.3 is 10.2 Å². The maximum atomic E-state index is 12.3. The van der Waals surface area contributed by atoms with Gasteiger partial charge in [-0.3, -0.25) is 4.99 Å². The lowest BCUT2D eigenvalue weighted by Crippen LogP contribution is -2.57. The zero-order valence-electron chi connectivity index (χ0n) is 16.3. The molecule has 0 aliphatic carbocycles. The number of benzene rings is 1. The molecule has 26 heavy (non-hydrogen) atoms. The van der Waals surface area contributed by atoms with Gasteiger partial charge in [0.05, 0.1) is 17.0 Å². The summed E-state index contributed by atoms with van der Waals surface area (Å²) in [5.41, 5.74) is 1.02. The molecule has 1 saturated heterocycles. The smallest absolute Gasteiger partial charge is 0.194 e. The van der Waals surface area contributed by atoms with Crippen LogP contribution in [0.2, 0.25) is 5.02 Å². The molecule has 1 N–H and O–H groups in total.